The predicted molar refractivity (Wildman–Crippen MR) is 46.1 cm³/mol. The number of quaternary nitrogens is 1. The van der Waals surface area contributed by atoms with Crippen LogP contribution in [-0.4, -0.2) is 22.6 Å². The molecule has 4 N–H and O–H groups in total. The molecular weight excluding hydrogens is 234 g/mol. The first-order valence-corrected chi connectivity index (χ1v) is 4.88. The van der Waals surface area contributed by atoms with Crippen LogP contribution < -0.4 is 5.73 Å². The molecule has 0 atom stereocenters. The zero-order chi connectivity index (χ0) is 11.4. The van der Waals surface area contributed by atoms with Crippen LogP contribution in [0.3, 0.4) is 0 Å². The first-order chi connectivity index (χ1) is 6.20. The number of aromatic hydroxyl groups is 1. The van der Waals surface area contributed by atoms with Gasteiger partial charge in [-0.2, -0.15) is 0 Å². The maximum Gasteiger partial charge on any atom is 0.177 e. The minimum absolute atomic E-state index is 0.180. The Balaban J connectivity index is 0.000000292. The third-order valence-electron chi connectivity index (χ3n) is 1.04. The average Bonchev–Trinajstić information content (AvgIpc) is 1.94. The van der Waals surface area contributed by atoms with Gasteiger partial charge in [-0.05, 0) is 12.1 Å². The molecule has 0 saturated heterocycles. The SMILES string of the molecule is O=S(=O)([O-])[O-].[NH3+]c1cc(Cl)ccc1O. The molecule has 0 aliphatic carbocycles. The molecule has 0 fully saturated rings. The molecule has 14 heavy (non-hydrogen) atoms. The summed E-state index contributed by atoms with van der Waals surface area (Å²) in [6.45, 7) is 0. The van der Waals surface area contributed by atoms with Crippen molar-refractivity contribution in [3.05, 3.63) is 23.2 Å². The summed E-state index contributed by atoms with van der Waals surface area (Å²) in [5.41, 5.74) is 4.10. The van der Waals surface area contributed by atoms with Crippen molar-refractivity contribution in [2.75, 3.05) is 0 Å². The lowest BCUT2D eigenvalue weighted by molar-refractivity contribution is -0.256. The van der Waals surface area contributed by atoms with E-state index in [1.54, 1.807) is 12.1 Å². The number of hydrogen-bond acceptors (Lipinski definition) is 5. The normalized spacial score (nSPS) is 10.3. The van der Waals surface area contributed by atoms with Crippen molar-refractivity contribution < 1.29 is 28.4 Å². The van der Waals surface area contributed by atoms with Gasteiger partial charge in [-0.1, -0.05) is 11.6 Å². The average molecular weight is 241 g/mol. The largest absolute Gasteiger partial charge is 0.759 e. The van der Waals surface area contributed by atoms with E-state index in [9.17, 15) is 0 Å². The zero-order valence-electron chi connectivity index (χ0n) is 6.81. The second-order valence-corrected chi connectivity index (χ2v) is 3.43. The monoisotopic (exact) mass is 240 g/mol. The highest BCUT2D eigenvalue weighted by Gasteiger charge is 1.97. The number of halogens is 1. The first-order valence-electron chi connectivity index (χ1n) is 3.17. The van der Waals surface area contributed by atoms with E-state index in [-0.39, 0.29) is 5.75 Å². The Morgan fingerprint density at radius 2 is 1.79 bits per heavy atom. The van der Waals surface area contributed by atoms with Crippen molar-refractivity contribution in [2.24, 2.45) is 0 Å². The molecule has 0 bridgehead atoms. The third-order valence-corrected chi connectivity index (χ3v) is 1.28. The summed E-state index contributed by atoms with van der Waals surface area (Å²) in [6.07, 6.45) is 0. The van der Waals surface area contributed by atoms with Crippen LogP contribution in [0.5, 0.6) is 5.75 Å². The Morgan fingerprint density at radius 3 is 2.07 bits per heavy atom. The first kappa shape index (κ1) is 13.1. The van der Waals surface area contributed by atoms with E-state index in [0.29, 0.717) is 10.7 Å². The Labute approximate surface area is 85.5 Å². The van der Waals surface area contributed by atoms with E-state index >= 15 is 0 Å². The van der Waals surface area contributed by atoms with Gasteiger partial charge in [-0.15, -0.1) is 0 Å². The van der Waals surface area contributed by atoms with Gasteiger partial charge < -0.3 is 19.9 Å². The van der Waals surface area contributed by atoms with E-state index in [0.717, 1.165) is 0 Å². The van der Waals surface area contributed by atoms with Gasteiger partial charge in [0.15, 0.2) is 11.4 Å². The summed E-state index contributed by atoms with van der Waals surface area (Å²) < 4.78 is 34.1. The summed E-state index contributed by atoms with van der Waals surface area (Å²) in [5.74, 6) is 0.180. The van der Waals surface area contributed by atoms with Crippen LogP contribution in [0.25, 0.3) is 0 Å². The smallest absolute Gasteiger partial charge is 0.177 e. The Morgan fingerprint density at radius 1 is 1.36 bits per heavy atom. The summed E-state index contributed by atoms with van der Waals surface area (Å²) in [7, 11) is -5.17. The van der Waals surface area contributed by atoms with Gasteiger partial charge in [-0.25, -0.2) is 0 Å². The quantitative estimate of drug-likeness (QED) is 0.470. The van der Waals surface area contributed by atoms with Gasteiger partial charge in [0.05, 0.1) is 0 Å². The van der Waals surface area contributed by atoms with Crippen LogP contribution in [0.15, 0.2) is 18.2 Å². The number of phenols is 1. The van der Waals surface area contributed by atoms with Crippen LogP contribution in [-0.2, 0) is 10.4 Å². The molecule has 80 valence electrons. The van der Waals surface area contributed by atoms with Gasteiger partial charge in [0.25, 0.3) is 0 Å². The summed E-state index contributed by atoms with van der Waals surface area (Å²) in [6, 6.07) is 4.74. The highest BCUT2D eigenvalue weighted by molar-refractivity contribution is 7.79. The number of rotatable bonds is 0. The summed E-state index contributed by atoms with van der Waals surface area (Å²) in [4.78, 5) is 0. The standard InChI is InChI=1S/C6H6ClNO.H2O4S/c7-4-1-2-6(9)5(8)3-4;1-5(2,3)4/h1-3,9H,8H2;(H2,1,2,3,4)/p-1. The van der Waals surface area contributed by atoms with Crippen LogP contribution >= 0.6 is 11.6 Å². The fourth-order valence-electron chi connectivity index (χ4n) is 0.554. The molecule has 0 heterocycles. The maximum absolute atomic E-state index is 8.92. The lowest BCUT2D eigenvalue weighted by atomic mass is 10.3. The van der Waals surface area contributed by atoms with Gasteiger partial charge in [0.1, 0.15) is 0 Å². The second kappa shape index (κ2) is 5.13. The van der Waals surface area contributed by atoms with Crippen LogP contribution in [0.1, 0.15) is 0 Å². The van der Waals surface area contributed by atoms with Crippen molar-refractivity contribution >= 4 is 27.7 Å². The number of phenolic OH excluding ortho intramolecular Hbond substituents is 1. The molecular formula is C6H7ClNO5S-. The van der Waals surface area contributed by atoms with Crippen molar-refractivity contribution in [1.82, 2.24) is 0 Å². The highest BCUT2D eigenvalue weighted by Crippen LogP contribution is 2.21. The summed E-state index contributed by atoms with van der Waals surface area (Å²) in [5, 5.41) is 9.52. The molecule has 0 amide bonds. The topological polar surface area (TPSA) is 128 Å². The predicted octanol–water partition coefficient (Wildman–Crippen LogP) is -0.419. The molecule has 0 aliphatic heterocycles. The zero-order valence-corrected chi connectivity index (χ0v) is 8.38. The van der Waals surface area contributed by atoms with E-state index in [1.165, 1.54) is 6.07 Å². The van der Waals surface area contributed by atoms with Crippen LogP contribution in [0.4, 0.5) is 5.69 Å². The second-order valence-electron chi connectivity index (χ2n) is 2.18. The molecule has 0 aliphatic rings. The maximum atomic E-state index is 8.92. The molecule has 1 rings (SSSR count). The Hall–Kier alpha value is -0.860. The molecule has 0 aromatic heterocycles. The fourth-order valence-corrected chi connectivity index (χ4v) is 0.749. The van der Waals surface area contributed by atoms with E-state index in [4.69, 9.17) is 34.2 Å². The van der Waals surface area contributed by atoms with Crippen molar-refractivity contribution in [3.63, 3.8) is 0 Å². The van der Waals surface area contributed by atoms with Crippen molar-refractivity contribution in [1.29, 1.82) is 0 Å². The van der Waals surface area contributed by atoms with Crippen LogP contribution in [0.2, 0.25) is 5.02 Å². The molecule has 1 aromatic rings. The number of hydrogen-bond donors (Lipinski definition) is 2. The molecule has 0 spiro atoms. The fraction of sp³-hybridized carbons (Fsp3) is 0. The third kappa shape index (κ3) is 7.77. The molecule has 6 nitrogen and oxygen atoms in total. The van der Waals surface area contributed by atoms with E-state index in [1.807, 2.05) is 0 Å². The van der Waals surface area contributed by atoms with Crippen LogP contribution in [0, 0.1) is 0 Å². The van der Waals surface area contributed by atoms with Crippen molar-refractivity contribution in [2.45, 2.75) is 0 Å². The van der Waals surface area contributed by atoms with E-state index in [2.05, 4.69) is 5.73 Å². The van der Waals surface area contributed by atoms with Gasteiger partial charge in [-0.3, -0.25) is 8.42 Å². The molecule has 1 aromatic carbocycles. The summed E-state index contributed by atoms with van der Waals surface area (Å²) >= 11 is 5.57. The lowest BCUT2D eigenvalue weighted by Crippen LogP contribution is -2.40. The highest BCUT2D eigenvalue weighted by atomic mass is 35.5. The minimum Gasteiger partial charge on any atom is -0.759 e. The van der Waals surface area contributed by atoms with Gasteiger partial charge >= 0.3 is 0 Å². The number of benzene rings is 1. The molecule has 0 saturated carbocycles. The van der Waals surface area contributed by atoms with Crippen molar-refractivity contribution in [3.8, 4) is 5.75 Å². The lowest BCUT2D eigenvalue weighted by Gasteiger charge is -2.06. The Bertz CT molecular complexity index is 397. The Kier molecular flexibility index (Phi) is 4.81. The minimum atomic E-state index is -5.17. The van der Waals surface area contributed by atoms with Gasteiger partial charge in [0, 0.05) is 21.5 Å². The van der Waals surface area contributed by atoms with Gasteiger partial charge in [0.2, 0.25) is 0 Å². The molecule has 8 heteroatoms. The molecule has 0 radical (unpaired) electrons. The van der Waals surface area contributed by atoms with E-state index < -0.39 is 10.4 Å². The molecule has 0 unspecified atom stereocenters.